The Morgan fingerprint density at radius 1 is 1.20 bits per heavy atom. The Bertz CT molecular complexity index is 764. The van der Waals surface area contributed by atoms with Crippen molar-refractivity contribution in [3.8, 4) is 5.75 Å². The second-order valence-corrected chi connectivity index (χ2v) is 5.70. The van der Waals surface area contributed by atoms with Gasteiger partial charge in [-0.3, -0.25) is 4.79 Å². The van der Waals surface area contributed by atoms with Crippen molar-refractivity contribution in [3.05, 3.63) is 64.4 Å². The molecule has 0 aliphatic rings. The van der Waals surface area contributed by atoms with Crippen LogP contribution in [0.15, 0.2) is 42.5 Å². The highest BCUT2D eigenvalue weighted by molar-refractivity contribution is 6.30. The van der Waals surface area contributed by atoms with E-state index in [0.717, 1.165) is 11.6 Å². The summed E-state index contributed by atoms with van der Waals surface area (Å²) in [6.07, 6.45) is 0. The van der Waals surface area contributed by atoms with Gasteiger partial charge in [-0.2, -0.15) is 0 Å². The fourth-order valence-corrected chi connectivity index (χ4v) is 2.24. The van der Waals surface area contributed by atoms with Crippen molar-refractivity contribution in [1.82, 2.24) is 5.32 Å². The molecule has 0 heterocycles. The molecule has 25 heavy (non-hydrogen) atoms. The average molecular weight is 366 g/mol. The molecular formula is C18H17ClFNO4. The zero-order valence-corrected chi connectivity index (χ0v) is 14.5. The standard InChI is InChI=1S/C18H17ClFNO4/c1-11(12-3-5-13(19)6-4-12)21-17(22)10-25-18(23)15-8-7-14(24-2)9-16(15)20/h3-9,11H,10H2,1-2H3,(H,21,22)/t11-/m0/s1. The van der Waals surface area contributed by atoms with Crippen molar-refractivity contribution in [2.75, 3.05) is 13.7 Å². The van der Waals surface area contributed by atoms with Crippen molar-refractivity contribution in [2.45, 2.75) is 13.0 Å². The summed E-state index contributed by atoms with van der Waals surface area (Å²) in [7, 11) is 1.39. The van der Waals surface area contributed by atoms with Gasteiger partial charge in [0, 0.05) is 11.1 Å². The maximum absolute atomic E-state index is 13.8. The molecule has 0 fully saturated rings. The van der Waals surface area contributed by atoms with Crippen LogP contribution in [-0.2, 0) is 9.53 Å². The largest absolute Gasteiger partial charge is 0.497 e. The molecule has 2 rings (SSSR count). The van der Waals surface area contributed by atoms with Gasteiger partial charge in [0.1, 0.15) is 11.6 Å². The van der Waals surface area contributed by atoms with Crippen molar-refractivity contribution in [3.63, 3.8) is 0 Å². The molecule has 1 N–H and O–H groups in total. The van der Waals surface area contributed by atoms with Crippen LogP contribution in [0.5, 0.6) is 5.75 Å². The van der Waals surface area contributed by atoms with Gasteiger partial charge in [0.25, 0.3) is 5.91 Å². The summed E-state index contributed by atoms with van der Waals surface area (Å²) in [5.41, 5.74) is 0.588. The first-order valence-corrected chi connectivity index (χ1v) is 7.84. The van der Waals surface area contributed by atoms with Crippen molar-refractivity contribution in [2.24, 2.45) is 0 Å². The van der Waals surface area contributed by atoms with Crippen LogP contribution in [0.3, 0.4) is 0 Å². The highest BCUT2D eigenvalue weighted by Crippen LogP contribution is 2.18. The van der Waals surface area contributed by atoms with E-state index in [0.29, 0.717) is 5.02 Å². The Hall–Kier alpha value is -2.60. The molecule has 0 unspecified atom stereocenters. The number of ether oxygens (including phenoxy) is 2. The Morgan fingerprint density at radius 2 is 1.88 bits per heavy atom. The maximum atomic E-state index is 13.8. The molecule has 0 aliphatic carbocycles. The number of benzene rings is 2. The van der Waals surface area contributed by atoms with E-state index in [2.05, 4.69) is 5.32 Å². The number of amides is 1. The van der Waals surface area contributed by atoms with E-state index in [1.807, 2.05) is 0 Å². The molecule has 2 aromatic rings. The molecule has 0 radical (unpaired) electrons. The van der Waals surface area contributed by atoms with E-state index in [1.165, 1.54) is 19.2 Å². The molecule has 0 bridgehead atoms. The number of carbonyl (C=O) groups is 2. The number of halogens is 2. The van der Waals surface area contributed by atoms with Crippen LogP contribution in [0.2, 0.25) is 5.02 Å². The summed E-state index contributed by atoms with van der Waals surface area (Å²) >= 11 is 5.81. The summed E-state index contributed by atoms with van der Waals surface area (Å²) in [6.45, 7) is 1.27. The summed E-state index contributed by atoms with van der Waals surface area (Å²) in [5.74, 6) is -1.91. The normalized spacial score (nSPS) is 11.5. The maximum Gasteiger partial charge on any atom is 0.341 e. The topological polar surface area (TPSA) is 64.6 Å². The van der Waals surface area contributed by atoms with Gasteiger partial charge in [0.2, 0.25) is 0 Å². The smallest absolute Gasteiger partial charge is 0.341 e. The molecule has 1 amide bonds. The number of carbonyl (C=O) groups excluding carboxylic acids is 2. The lowest BCUT2D eigenvalue weighted by Crippen LogP contribution is -2.31. The van der Waals surface area contributed by atoms with Crippen molar-refractivity contribution in [1.29, 1.82) is 0 Å². The first-order valence-electron chi connectivity index (χ1n) is 7.46. The second-order valence-electron chi connectivity index (χ2n) is 5.26. The van der Waals surface area contributed by atoms with E-state index in [1.54, 1.807) is 31.2 Å². The number of rotatable bonds is 6. The van der Waals surface area contributed by atoms with E-state index in [-0.39, 0.29) is 17.4 Å². The van der Waals surface area contributed by atoms with Crippen molar-refractivity contribution >= 4 is 23.5 Å². The summed E-state index contributed by atoms with van der Waals surface area (Å²) in [5, 5.41) is 3.28. The molecule has 132 valence electrons. The minimum atomic E-state index is -0.922. The molecule has 0 saturated heterocycles. The fraction of sp³-hybridized carbons (Fsp3) is 0.222. The fourth-order valence-electron chi connectivity index (χ4n) is 2.12. The SMILES string of the molecule is COc1ccc(C(=O)OCC(=O)N[C@@H](C)c2ccc(Cl)cc2)c(F)c1. The van der Waals surface area contributed by atoms with Gasteiger partial charge in [-0.25, -0.2) is 9.18 Å². The molecule has 0 aliphatic heterocycles. The van der Waals surface area contributed by atoms with Gasteiger partial charge in [-0.1, -0.05) is 23.7 Å². The minimum Gasteiger partial charge on any atom is -0.497 e. The summed E-state index contributed by atoms with van der Waals surface area (Å²) in [6, 6.07) is 10.4. The third kappa shape index (κ3) is 5.19. The van der Waals surface area contributed by atoms with Gasteiger partial charge in [0.05, 0.1) is 18.7 Å². The van der Waals surface area contributed by atoms with E-state index in [4.69, 9.17) is 21.1 Å². The quantitative estimate of drug-likeness (QED) is 0.795. The lowest BCUT2D eigenvalue weighted by molar-refractivity contribution is -0.124. The zero-order chi connectivity index (χ0) is 18.4. The highest BCUT2D eigenvalue weighted by atomic mass is 35.5. The van der Waals surface area contributed by atoms with Crippen LogP contribution in [-0.4, -0.2) is 25.6 Å². The third-order valence-corrected chi connectivity index (χ3v) is 3.73. The molecule has 5 nitrogen and oxygen atoms in total. The number of hydrogen-bond donors (Lipinski definition) is 1. The molecule has 2 aromatic carbocycles. The molecule has 7 heteroatoms. The Morgan fingerprint density at radius 3 is 2.48 bits per heavy atom. The average Bonchev–Trinajstić information content (AvgIpc) is 2.60. The van der Waals surface area contributed by atoms with Gasteiger partial charge in [0.15, 0.2) is 6.61 Å². The van der Waals surface area contributed by atoms with Crippen LogP contribution in [0.1, 0.15) is 28.9 Å². The lowest BCUT2D eigenvalue weighted by Gasteiger charge is -2.14. The Labute approximate surface area is 149 Å². The summed E-state index contributed by atoms with van der Waals surface area (Å²) < 4.78 is 23.5. The van der Waals surface area contributed by atoms with Crippen LogP contribution in [0.4, 0.5) is 4.39 Å². The first-order chi connectivity index (χ1) is 11.9. The Balaban J connectivity index is 1.89. The monoisotopic (exact) mass is 365 g/mol. The predicted molar refractivity (Wildman–Crippen MR) is 91.2 cm³/mol. The number of hydrogen-bond acceptors (Lipinski definition) is 4. The van der Waals surface area contributed by atoms with Crippen LogP contribution >= 0.6 is 11.6 Å². The number of nitrogens with one attached hydrogen (secondary N) is 1. The number of methoxy groups -OCH3 is 1. The van der Waals surface area contributed by atoms with Gasteiger partial charge in [-0.05, 0) is 36.8 Å². The molecule has 0 aromatic heterocycles. The van der Waals surface area contributed by atoms with Gasteiger partial charge >= 0.3 is 5.97 Å². The number of esters is 1. The van der Waals surface area contributed by atoms with Crippen LogP contribution in [0, 0.1) is 5.82 Å². The zero-order valence-electron chi connectivity index (χ0n) is 13.7. The van der Waals surface area contributed by atoms with Gasteiger partial charge in [-0.15, -0.1) is 0 Å². The lowest BCUT2D eigenvalue weighted by atomic mass is 10.1. The molecule has 0 saturated carbocycles. The van der Waals surface area contributed by atoms with E-state index < -0.39 is 24.3 Å². The summed E-state index contributed by atoms with van der Waals surface area (Å²) in [4.78, 5) is 23.8. The van der Waals surface area contributed by atoms with Gasteiger partial charge < -0.3 is 14.8 Å². The van der Waals surface area contributed by atoms with Crippen LogP contribution in [0.25, 0.3) is 0 Å². The minimum absolute atomic E-state index is 0.264. The Kier molecular flexibility index (Phi) is 6.36. The molecular weight excluding hydrogens is 349 g/mol. The first kappa shape index (κ1) is 18.7. The molecule has 0 spiro atoms. The third-order valence-electron chi connectivity index (χ3n) is 3.48. The highest BCUT2D eigenvalue weighted by Gasteiger charge is 2.16. The van der Waals surface area contributed by atoms with E-state index in [9.17, 15) is 14.0 Å². The van der Waals surface area contributed by atoms with E-state index >= 15 is 0 Å². The van der Waals surface area contributed by atoms with Crippen molar-refractivity contribution < 1.29 is 23.5 Å². The molecule has 1 atom stereocenters. The van der Waals surface area contributed by atoms with Crippen LogP contribution < -0.4 is 10.1 Å². The second kappa shape index (κ2) is 8.48. The predicted octanol–water partition coefficient (Wildman–Crippen LogP) is 3.52.